The summed E-state index contributed by atoms with van der Waals surface area (Å²) in [5, 5.41) is 10.2. The molecule has 0 N–H and O–H groups in total. The van der Waals surface area contributed by atoms with Crippen molar-refractivity contribution in [2.45, 2.75) is 49.8 Å². The zero-order valence-electron chi connectivity index (χ0n) is 19.5. The Kier molecular flexibility index (Phi) is 4.99. The summed E-state index contributed by atoms with van der Waals surface area (Å²) in [6.07, 6.45) is 5.07. The van der Waals surface area contributed by atoms with Crippen molar-refractivity contribution in [1.82, 2.24) is 5.01 Å². The monoisotopic (exact) mass is 522 g/mol. The first-order valence-corrected chi connectivity index (χ1v) is 13.4. The summed E-state index contributed by atoms with van der Waals surface area (Å²) in [6, 6.07) is 32.8. The zero-order valence-corrected chi connectivity index (χ0v) is 21.1. The lowest BCUT2D eigenvalue weighted by atomic mass is 9.78. The highest BCUT2D eigenvalue weighted by molar-refractivity contribution is 9.10. The minimum absolute atomic E-state index is 0.193. The highest BCUT2D eigenvalue weighted by Crippen LogP contribution is 2.53. The molecule has 3 nitrogen and oxygen atoms in total. The third kappa shape index (κ3) is 3.49. The molecule has 2 aliphatic heterocycles. The van der Waals surface area contributed by atoms with Crippen molar-refractivity contribution in [1.29, 1.82) is 0 Å². The van der Waals surface area contributed by atoms with Crippen LogP contribution in [-0.2, 0) is 0 Å². The number of fused-ring (bicyclic) bond motifs is 5. The van der Waals surface area contributed by atoms with Crippen LogP contribution in [0.1, 0.15) is 60.8 Å². The van der Waals surface area contributed by atoms with Gasteiger partial charge in [0, 0.05) is 34.9 Å². The first-order chi connectivity index (χ1) is 17.2. The number of benzene rings is 4. The Morgan fingerprint density at radius 2 is 1.63 bits per heavy atom. The van der Waals surface area contributed by atoms with E-state index in [1.54, 1.807) is 0 Å². The van der Waals surface area contributed by atoms with Crippen LogP contribution in [0.2, 0.25) is 0 Å². The Balaban J connectivity index is 1.29. The van der Waals surface area contributed by atoms with E-state index in [1.807, 2.05) is 0 Å². The molecule has 1 aliphatic carbocycles. The van der Waals surface area contributed by atoms with Gasteiger partial charge in [-0.05, 0) is 53.3 Å². The molecule has 0 bridgehead atoms. The van der Waals surface area contributed by atoms with E-state index in [9.17, 15) is 0 Å². The Morgan fingerprint density at radius 3 is 2.49 bits per heavy atom. The van der Waals surface area contributed by atoms with Crippen LogP contribution >= 0.6 is 15.9 Å². The minimum Gasteiger partial charge on any atom is -0.466 e. The molecule has 174 valence electrons. The van der Waals surface area contributed by atoms with Crippen molar-refractivity contribution in [3.8, 4) is 5.75 Å². The number of ether oxygens (including phenoxy) is 1. The number of nitrogens with zero attached hydrogens (tertiary/aromatic N) is 2. The molecule has 4 aromatic carbocycles. The summed E-state index contributed by atoms with van der Waals surface area (Å²) < 4.78 is 7.97. The van der Waals surface area contributed by atoms with Gasteiger partial charge in [-0.2, -0.15) is 5.10 Å². The summed E-state index contributed by atoms with van der Waals surface area (Å²) in [4.78, 5) is 0. The van der Waals surface area contributed by atoms with Crippen LogP contribution in [0.25, 0.3) is 10.8 Å². The van der Waals surface area contributed by atoms with Crippen molar-refractivity contribution in [2.75, 3.05) is 0 Å². The molecule has 1 fully saturated rings. The predicted molar refractivity (Wildman–Crippen MR) is 145 cm³/mol. The molecule has 35 heavy (non-hydrogen) atoms. The van der Waals surface area contributed by atoms with Gasteiger partial charge < -0.3 is 4.74 Å². The van der Waals surface area contributed by atoms with Crippen molar-refractivity contribution < 1.29 is 4.74 Å². The van der Waals surface area contributed by atoms with E-state index in [1.165, 1.54) is 27.5 Å². The molecule has 0 unspecified atom stereocenters. The molecule has 0 saturated heterocycles. The molecular formula is C31H27BrN2O. The second-order valence-corrected chi connectivity index (χ2v) is 11.0. The first kappa shape index (κ1) is 21.2. The van der Waals surface area contributed by atoms with Gasteiger partial charge in [0.25, 0.3) is 0 Å². The van der Waals surface area contributed by atoms with E-state index in [2.05, 4.69) is 112 Å². The third-order valence-electron chi connectivity index (χ3n) is 8.10. The molecule has 2 heterocycles. The van der Waals surface area contributed by atoms with Crippen LogP contribution in [-0.4, -0.2) is 16.4 Å². The van der Waals surface area contributed by atoms with Crippen LogP contribution < -0.4 is 4.74 Å². The van der Waals surface area contributed by atoms with Crippen LogP contribution in [0.15, 0.2) is 101 Å². The molecule has 4 aromatic rings. The molecule has 3 aliphatic rings. The fourth-order valence-electron chi connectivity index (χ4n) is 6.35. The molecule has 0 amide bonds. The summed E-state index contributed by atoms with van der Waals surface area (Å²) in [6.45, 7) is 0. The van der Waals surface area contributed by atoms with Crippen LogP contribution in [0.5, 0.6) is 5.75 Å². The van der Waals surface area contributed by atoms with E-state index < -0.39 is 0 Å². The maximum Gasteiger partial charge on any atom is 0.198 e. The minimum atomic E-state index is -0.386. The van der Waals surface area contributed by atoms with E-state index in [0.717, 1.165) is 48.0 Å². The van der Waals surface area contributed by atoms with Gasteiger partial charge in [-0.1, -0.05) is 88.7 Å². The Labute approximate surface area is 214 Å². The van der Waals surface area contributed by atoms with Gasteiger partial charge in [-0.3, -0.25) is 0 Å². The number of rotatable bonds is 2. The number of hydrogen-bond donors (Lipinski definition) is 0. The van der Waals surface area contributed by atoms with Gasteiger partial charge in [0.15, 0.2) is 5.72 Å². The summed E-state index contributed by atoms with van der Waals surface area (Å²) in [7, 11) is 0. The second-order valence-electron chi connectivity index (χ2n) is 10.1. The average molecular weight is 523 g/mol. The molecule has 4 heteroatoms. The van der Waals surface area contributed by atoms with Gasteiger partial charge in [-0.25, -0.2) is 5.01 Å². The zero-order chi connectivity index (χ0) is 23.4. The van der Waals surface area contributed by atoms with Crippen molar-refractivity contribution in [3.05, 3.63) is 112 Å². The van der Waals surface area contributed by atoms with E-state index in [4.69, 9.17) is 9.84 Å². The summed E-state index contributed by atoms with van der Waals surface area (Å²) in [5.74, 6) is 1.60. The third-order valence-corrected chi connectivity index (χ3v) is 8.59. The Morgan fingerprint density at radius 1 is 0.857 bits per heavy atom. The van der Waals surface area contributed by atoms with Gasteiger partial charge in [0.1, 0.15) is 5.75 Å². The average Bonchev–Trinajstić information content (AvgIpc) is 3.37. The molecular weight excluding hydrogens is 496 g/mol. The van der Waals surface area contributed by atoms with Gasteiger partial charge in [-0.15, -0.1) is 0 Å². The fraction of sp³-hybridized carbons (Fsp3) is 0.258. The van der Waals surface area contributed by atoms with Gasteiger partial charge in [0.05, 0.1) is 11.8 Å². The first-order valence-electron chi connectivity index (χ1n) is 12.6. The molecule has 1 spiro atoms. The number of halogens is 1. The summed E-state index contributed by atoms with van der Waals surface area (Å²) >= 11 is 3.69. The smallest absolute Gasteiger partial charge is 0.198 e. The highest BCUT2D eigenvalue weighted by Gasteiger charge is 2.52. The SMILES string of the molecule is Brc1ccc2c(c1)[C@@H]1CC(c3cccc4ccccc34)=NN1C1(CCC(c3ccccc3)CC1)O2. The molecule has 7 rings (SSSR count). The number of hydrogen-bond acceptors (Lipinski definition) is 3. The summed E-state index contributed by atoms with van der Waals surface area (Å²) in [5.41, 5.74) is 4.69. The van der Waals surface area contributed by atoms with E-state index in [0.29, 0.717) is 5.92 Å². The quantitative estimate of drug-likeness (QED) is 0.265. The van der Waals surface area contributed by atoms with Crippen molar-refractivity contribution in [2.24, 2.45) is 5.10 Å². The maximum atomic E-state index is 6.88. The standard InChI is InChI=1S/C31H27BrN2O/c32-24-13-14-30-27(19-24)29-20-28(26-12-6-10-23-9-4-5-11-25(23)26)33-34(29)31(35-30)17-15-22(16-18-31)21-7-2-1-3-8-21/h1-14,19,22,29H,15-18,20H2/t22?,29-,31?/m0/s1. The fourth-order valence-corrected chi connectivity index (χ4v) is 6.73. The lowest BCUT2D eigenvalue weighted by Crippen LogP contribution is -2.55. The van der Waals surface area contributed by atoms with Crippen LogP contribution in [0, 0.1) is 0 Å². The molecule has 1 atom stereocenters. The van der Waals surface area contributed by atoms with Crippen molar-refractivity contribution >= 4 is 32.4 Å². The molecule has 0 aromatic heterocycles. The highest BCUT2D eigenvalue weighted by atomic mass is 79.9. The van der Waals surface area contributed by atoms with E-state index in [-0.39, 0.29) is 11.8 Å². The van der Waals surface area contributed by atoms with Crippen molar-refractivity contribution in [3.63, 3.8) is 0 Å². The van der Waals surface area contributed by atoms with E-state index >= 15 is 0 Å². The molecule has 0 radical (unpaired) electrons. The van der Waals surface area contributed by atoms with Crippen LogP contribution in [0.3, 0.4) is 0 Å². The lowest BCUT2D eigenvalue weighted by Gasteiger charge is -2.50. The van der Waals surface area contributed by atoms with Gasteiger partial charge >= 0.3 is 0 Å². The lowest BCUT2D eigenvalue weighted by molar-refractivity contribution is -0.142. The van der Waals surface area contributed by atoms with Gasteiger partial charge in [0.2, 0.25) is 0 Å². The maximum absolute atomic E-state index is 6.88. The largest absolute Gasteiger partial charge is 0.466 e. The Hall–Kier alpha value is -3.11. The Bertz CT molecular complexity index is 1430. The normalized spacial score (nSPS) is 25.2. The second kappa shape index (κ2) is 8.23. The number of hydrazone groups is 1. The topological polar surface area (TPSA) is 24.8 Å². The molecule has 1 saturated carbocycles. The predicted octanol–water partition coefficient (Wildman–Crippen LogP) is 8.20. The van der Waals surface area contributed by atoms with Crippen LogP contribution in [0.4, 0.5) is 0 Å².